The number of hydrogen-bond acceptors (Lipinski definition) is 5. The molecule has 0 aromatic heterocycles. The maximum absolute atomic E-state index is 12.4. The minimum absolute atomic E-state index is 0.349. The molecule has 1 unspecified atom stereocenters. The fourth-order valence-electron chi connectivity index (χ4n) is 3.55. The predicted molar refractivity (Wildman–Crippen MR) is 112 cm³/mol. The van der Waals surface area contributed by atoms with Gasteiger partial charge in [-0.15, -0.1) is 0 Å². The lowest BCUT2D eigenvalue weighted by atomic mass is 9.89. The smallest absolute Gasteiger partial charge is 0.337 e. The lowest BCUT2D eigenvalue weighted by Gasteiger charge is -2.29. The van der Waals surface area contributed by atoms with Crippen LogP contribution in [0.2, 0.25) is 0 Å². The third-order valence-electron chi connectivity index (χ3n) is 5.14. The Morgan fingerprint density at radius 2 is 1.70 bits per heavy atom. The van der Waals surface area contributed by atoms with E-state index in [0.717, 1.165) is 33.8 Å². The summed E-state index contributed by atoms with van der Waals surface area (Å²) in [5.74, 6) is 0.997. The Morgan fingerprint density at radius 3 is 2.33 bits per heavy atom. The van der Waals surface area contributed by atoms with Gasteiger partial charge < -0.3 is 24.8 Å². The number of aryl methyl sites for hydroxylation is 1. The first-order valence-electron chi connectivity index (χ1n) is 9.57. The summed E-state index contributed by atoms with van der Waals surface area (Å²) >= 11 is 0. The van der Waals surface area contributed by atoms with E-state index in [0.29, 0.717) is 17.9 Å². The molecule has 0 radical (unpaired) electrons. The van der Waals surface area contributed by atoms with Gasteiger partial charge in [0.05, 0.1) is 25.8 Å². The molecule has 158 valence electrons. The average Bonchev–Trinajstić information content (AvgIpc) is 2.73. The second kappa shape index (κ2) is 8.90. The minimum atomic E-state index is -0.606. The van der Waals surface area contributed by atoms with E-state index >= 15 is 0 Å². The lowest BCUT2D eigenvalue weighted by Crippen LogP contribution is -2.45. The summed E-state index contributed by atoms with van der Waals surface area (Å²) in [4.78, 5) is 24.5. The molecule has 1 aliphatic rings. The van der Waals surface area contributed by atoms with Crippen LogP contribution in [0.3, 0.4) is 0 Å². The van der Waals surface area contributed by atoms with Gasteiger partial charge in [0, 0.05) is 5.70 Å². The number of nitrogens with one attached hydrogen (secondary N) is 2. The van der Waals surface area contributed by atoms with Crippen LogP contribution in [-0.2, 0) is 16.1 Å². The van der Waals surface area contributed by atoms with E-state index in [1.807, 2.05) is 50.2 Å². The molecule has 30 heavy (non-hydrogen) atoms. The van der Waals surface area contributed by atoms with E-state index in [9.17, 15) is 9.59 Å². The van der Waals surface area contributed by atoms with Gasteiger partial charge in [-0.3, -0.25) is 0 Å². The minimum Gasteiger partial charge on any atom is -0.497 e. The molecular formula is C23H26N2O5. The van der Waals surface area contributed by atoms with Crippen molar-refractivity contribution in [3.63, 3.8) is 0 Å². The molecular weight excluding hydrogens is 384 g/mol. The van der Waals surface area contributed by atoms with E-state index < -0.39 is 12.0 Å². The molecule has 0 spiro atoms. The maximum Gasteiger partial charge on any atom is 0.337 e. The van der Waals surface area contributed by atoms with Gasteiger partial charge in [-0.05, 0) is 61.7 Å². The molecule has 7 heteroatoms. The number of allylic oxidation sites excluding steroid dienone is 1. The lowest BCUT2D eigenvalue weighted by molar-refractivity contribution is -0.136. The van der Waals surface area contributed by atoms with Crippen molar-refractivity contribution in [3.8, 4) is 11.5 Å². The molecule has 0 saturated heterocycles. The Bertz CT molecular complexity index is 995. The van der Waals surface area contributed by atoms with Gasteiger partial charge >= 0.3 is 12.0 Å². The quantitative estimate of drug-likeness (QED) is 0.710. The zero-order valence-corrected chi connectivity index (χ0v) is 17.8. The van der Waals surface area contributed by atoms with Crippen LogP contribution in [0.15, 0.2) is 47.7 Å². The fraction of sp³-hybridized carbons (Fsp3) is 0.304. The summed E-state index contributed by atoms with van der Waals surface area (Å²) in [6, 6.07) is 10.4. The Hall–Kier alpha value is -3.48. The summed E-state index contributed by atoms with van der Waals surface area (Å²) in [7, 11) is 2.94. The number of rotatable bonds is 6. The topological polar surface area (TPSA) is 85.9 Å². The SMILES string of the molecule is COC(=O)C1=C(C)NC(=O)NC1c1cc(C)cc(COc2ccc(OC)cc2)c1C. The molecule has 2 N–H and O–H groups in total. The highest BCUT2D eigenvalue weighted by Gasteiger charge is 2.33. The molecule has 0 fully saturated rings. The van der Waals surface area contributed by atoms with Crippen LogP contribution in [0, 0.1) is 13.8 Å². The Balaban J connectivity index is 1.93. The molecule has 0 aliphatic carbocycles. The Labute approximate surface area is 176 Å². The molecule has 0 bridgehead atoms. The number of urea groups is 1. The van der Waals surface area contributed by atoms with E-state index in [1.165, 1.54) is 7.11 Å². The summed E-state index contributed by atoms with van der Waals surface area (Å²) in [6.07, 6.45) is 0. The summed E-state index contributed by atoms with van der Waals surface area (Å²) in [6.45, 7) is 5.97. The van der Waals surface area contributed by atoms with Crippen molar-refractivity contribution in [1.29, 1.82) is 0 Å². The third kappa shape index (κ3) is 4.40. The highest BCUT2D eigenvalue weighted by Crippen LogP contribution is 2.32. The number of benzene rings is 2. The van der Waals surface area contributed by atoms with Crippen LogP contribution in [0.1, 0.15) is 35.2 Å². The molecule has 1 heterocycles. The highest BCUT2D eigenvalue weighted by molar-refractivity contribution is 5.95. The van der Waals surface area contributed by atoms with Crippen LogP contribution >= 0.6 is 0 Å². The van der Waals surface area contributed by atoms with Crippen LogP contribution < -0.4 is 20.1 Å². The van der Waals surface area contributed by atoms with E-state index in [4.69, 9.17) is 14.2 Å². The highest BCUT2D eigenvalue weighted by atomic mass is 16.5. The number of hydrogen-bond donors (Lipinski definition) is 2. The first kappa shape index (κ1) is 21.2. The normalized spacial score (nSPS) is 15.9. The van der Waals surface area contributed by atoms with Crippen molar-refractivity contribution in [2.75, 3.05) is 14.2 Å². The molecule has 1 aliphatic heterocycles. The van der Waals surface area contributed by atoms with E-state index in [-0.39, 0.29) is 6.03 Å². The van der Waals surface area contributed by atoms with Crippen LogP contribution in [0.25, 0.3) is 0 Å². The largest absolute Gasteiger partial charge is 0.497 e. The first-order chi connectivity index (χ1) is 14.3. The predicted octanol–water partition coefficient (Wildman–Crippen LogP) is 3.69. The number of carbonyl (C=O) groups excluding carboxylic acids is 2. The number of carbonyl (C=O) groups is 2. The van der Waals surface area contributed by atoms with Crippen molar-refractivity contribution < 1.29 is 23.8 Å². The van der Waals surface area contributed by atoms with Gasteiger partial charge in [-0.2, -0.15) is 0 Å². The van der Waals surface area contributed by atoms with Crippen molar-refractivity contribution >= 4 is 12.0 Å². The van der Waals surface area contributed by atoms with E-state index in [2.05, 4.69) is 10.6 Å². The van der Waals surface area contributed by atoms with Gasteiger partial charge in [-0.1, -0.05) is 17.7 Å². The van der Waals surface area contributed by atoms with Crippen molar-refractivity contribution in [2.45, 2.75) is 33.4 Å². The zero-order valence-electron chi connectivity index (χ0n) is 17.8. The number of ether oxygens (including phenoxy) is 3. The second-order valence-corrected chi connectivity index (χ2v) is 7.16. The van der Waals surface area contributed by atoms with Crippen LogP contribution in [-0.4, -0.2) is 26.2 Å². The third-order valence-corrected chi connectivity index (χ3v) is 5.14. The van der Waals surface area contributed by atoms with E-state index in [1.54, 1.807) is 14.0 Å². The monoisotopic (exact) mass is 410 g/mol. The number of esters is 1. The van der Waals surface area contributed by atoms with Gasteiger partial charge in [0.25, 0.3) is 0 Å². The molecule has 2 amide bonds. The van der Waals surface area contributed by atoms with Gasteiger partial charge in [0.2, 0.25) is 0 Å². The molecule has 7 nitrogen and oxygen atoms in total. The van der Waals surface area contributed by atoms with Gasteiger partial charge in [0.15, 0.2) is 0 Å². The molecule has 0 saturated carbocycles. The molecule has 2 aromatic carbocycles. The zero-order chi connectivity index (χ0) is 21.8. The average molecular weight is 410 g/mol. The second-order valence-electron chi connectivity index (χ2n) is 7.16. The molecule has 3 rings (SSSR count). The van der Waals surface area contributed by atoms with Gasteiger partial charge in [0.1, 0.15) is 18.1 Å². The summed E-state index contributed by atoms with van der Waals surface area (Å²) in [5, 5.41) is 5.49. The Morgan fingerprint density at radius 1 is 1.03 bits per heavy atom. The van der Waals surface area contributed by atoms with Gasteiger partial charge in [-0.25, -0.2) is 9.59 Å². The van der Waals surface area contributed by atoms with Crippen LogP contribution in [0.4, 0.5) is 4.79 Å². The van der Waals surface area contributed by atoms with Crippen molar-refractivity contribution in [1.82, 2.24) is 10.6 Å². The molecule has 1 atom stereocenters. The molecule has 2 aromatic rings. The van der Waals surface area contributed by atoms with Crippen LogP contribution in [0.5, 0.6) is 11.5 Å². The first-order valence-corrected chi connectivity index (χ1v) is 9.57. The maximum atomic E-state index is 12.4. The Kier molecular flexibility index (Phi) is 6.30. The fourth-order valence-corrected chi connectivity index (χ4v) is 3.55. The standard InChI is InChI=1S/C23H26N2O5/c1-13-10-16(12-30-18-8-6-17(28-4)7-9-18)14(2)19(11-13)21-20(22(26)29-5)15(3)24-23(27)25-21/h6-11,21H,12H2,1-5H3,(H2,24,25,27). The number of amides is 2. The van der Waals surface area contributed by atoms with Crippen molar-refractivity contribution in [3.05, 3.63) is 69.9 Å². The number of methoxy groups -OCH3 is 2. The van der Waals surface area contributed by atoms with Crippen molar-refractivity contribution in [2.24, 2.45) is 0 Å². The summed E-state index contributed by atoms with van der Waals surface area (Å²) < 4.78 is 16.1. The summed E-state index contributed by atoms with van der Waals surface area (Å²) in [5.41, 5.74) is 4.60.